The third-order valence-electron chi connectivity index (χ3n) is 0.977. The highest BCUT2D eigenvalue weighted by atomic mass is 19.4. The highest BCUT2D eigenvalue weighted by Gasteiger charge is 2.32. The molecule has 0 saturated carbocycles. The van der Waals surface area contributed by atoms with E-state index in [-0.39, 0.29) is 0 Å². The van der Waals surface area contributed by atoms with Gasteiger partial charge in [-0.1, -0.05) is 0 Å². The van der Waals surface area contributed by atoms with Crippen LogP contribution in [0.1, 0.15) is 13.8 Å². The fourth-order valence-electron chi connectivity index (χ4n) is 0.513. The van der Waals surface area contributed by atoms with Gasteiger partial charge in [0.25, 0.3) is 0 Å². The SMILES string of the molecule is C/C=C(F)\C(=C/C)OC(F)(F)F. The molecule has 1 nitrogen and oxygen atoms in total. The van der Waals surface area contributed by atoms with E-state index in [1.165, 1.54) is 13.8 Å². The van der Waals surface area contributed by atoms with Gasteiger partial charge in [-0.3, -0.25) is 0 Å². The summed E-state index contributed by atoms with van der Waals surface area (Å²) < 4.78 is 50.4. The minimum Gasteiger partial charge on any atom is -0.403 e. The zero-order chi connectivity index (χ0) is 9.78. The molecule has 0 amide bonds. The summed E-state index contributed by atoms with van der Waals surface area (Å²) in [5, 5.41) is 0. The zero-order valence-corrected chi connectivity index (χ0v) is 6.57. The smallest absolute Gasteiger partial charge is 0.403 e. The molecule has 0 aliphatic rings. The third kappa shape index (κ3) is 4.00. The largest absolute Gasteiger partial charge is 0.573 e. The van der Waals surface area contributed by atoms with Gasteiger partial charge in [0.1, 0.15) is 0 Å². The van der Waals surface area contributed by atoms with Gasteiger partial charge in [0.2, 0.25) is 0 Å². The summed E-state index contributed by atoms with van der Waals surface area (Å²) in [6.45, 7) is 2.53. The Morgan fingerprint density at radius 2 is 1.67 bits per heavy atom. The predicted octanol–water partition coefficient (Wildman–Crippen LogP) is 3.30. The molecule has 0 aliphatic carbocycles. The second-order valence-electron chi connectivity index (χ2n) is 1.84. The van der Waals surface area contributed by atoms with E-state index in [1.54, 1.807) is 0 Å². The number of rotatable bonds is 2. The Morgan fingerprint density at radius 3 is 1.92 bits per heavy atom. The fourth-order valence-corrected chi connectivity index (χ4v) is 0.513. The summed E-state index contributed by atoms with van der Waals surface area (Å²) >= 11 is 0. The number of alkyl halides is 3. The van der Waals surface area contributed by atoms with Crippen molar-refractivity contribution in [2.24, 2.45) is 0 Å². The van der Waals surface area contributed by atoms with Crippen LogP contribution in [0, 0.1) is 0 Å². The van der Waals surface area contributed by atoms with Crippen LogP contribution < -0.4 is 0 Å². The lowest BCUT2D eigenvalue weighted by Gasteiger charge is -2.09. The summed E-state index contributed by atoms with van der Waals surface area (Å²) in [6, 6.07) is 0. The molecule has 70 valence electrons. The number of hydrogen-bond acceptors (Lipinski definition) is 1. The normalized spacial score (nSPS) is 14.8. The average Bonchev–Trinajstić information content (AvgIpc) is 1.97. The minimum absolute atomic E-state index is 0.815. The van der Waals surface area contributed by atoms with Gasteiger partial charge in [0.05, 0.1) is 0 Å². The Balaban J connectivity index is 4.43. The Kier molecular flexibility index (Phi) is 3.79. The van der Waals surface area contributed by atoms with Crippen molar-refractivity contribution in [3.8, 4) is 0 Å². The number of allylic oxidation sites excluding steroid dienone is 3. The van der Waals surface area contributed by atoms with Gasteiger partial charge < -0.3 is 4.74 Å². The molecule has 0 aliphatic heterocycles. The topological polar surface area (TPSA) is 9.23 Å². The van der Waals surface area contributed by atoms with E-state index in [4.69, 9.17) is 0 Å². The van der Waals surface area contributed by atoms with Gasteiger partial charge in [-0.2, -0.15) is 0 Å². The van der Waals surface area contributed by atoms with E-state index in [1.807, 2.05) is 0 Å². The monoisotopic (exact) mass is 184 g/mol. The van der Waals surface area contributed by atoms with Crippen LogP contribution in [-0.4, -0.2) is 6.36 Å². The standard InChI is InChI=1S/C7H8F4O/c1-3-5(8)6(4-2)12-7(9,10)11/h3-4H,1-2H3/b5-3+,6-4+. The maximum Gasteiger partial charge on any atom is 0.573 e. The summed E-state index contributed by atoms with van der Waals surface area (Å²) in [7, 11) is 0. The second-order valence-corrected chi connectivity index (χ2v) is 1.84. The van der Waals surface area contributed by atoms with E-state index >= 15 is 0 Å². The molecule has 5 heteroatoms. The third-order valence-corrected chi connectivity index (χ3v) is 0.977. The van der Waals surface area contributed by atoms with E-state index in [2.05, 4.69) is 4.74 Å². The van der Waals surface area contributed by atoms with Crippen molar-refractivity contribution < 1.29 is 22.3 Å². The molecule has 0 spiro atoms. The summed E-state index contributed by atoms with van der Waals surface area (Å²) in [5.74, 6) is -1.85. The lowest BCUT2D eigenvalue weighted by atomic mass is 10.4. The minimum atomic E-state index is -4.85. The first kappa shape index (κ1) is 11.0. The molecular weight excluding hydrogens is 176 g/mol. The lowest BCUT2D eigenvalue weighted by Crippen LogP contribution is -2.13. The maximum atomic E-state index is 12.5. The molecule has 0 bridgehead atoms. The first-order chi connectivity index (χ1) is 5.40. The molecule has 0 aromatic rings. The van der Waals surface area contributed by atoms with E-state index < -0.39 is 17.9 Å². The molecule has 0 radical (unpaired) electrons. The highest BCUT2D eigenvalue weighted by Crippen LogP contribution is 2.25. The number of halogens is 4. The van der Waals surface area contributed by atoms with E-state index in [0.29, 0.717) is 0 Å². The predicted molar refractivity (Wildman–Crippen MR) is 35.8 cm³/mol. The quantitative estimate of drug-likeness (QED) is 0.363. The van der Waals surface area contributed by atoms with Crippen LogP contribution in [0.5, 0.6) is 0 Å². The fraction of sp³-hybridized carbons (Fsp3) is 0.429. The summed E-state index contributed by atoms with van der Waals surface area (Å²) in [6.07, 6.45) is -3.05. The van der Waals surface area contributed by atoms with Gasteiger partial charge in [0, 0.05) is 0 Å². The van der Waals surface area contributed by atoms with Crippen molar-refractivity contribution >= 4 is 0 Å². The van der Waals surface area contributed by atoms with E-state index in [0.717, 1.165) is 12.2 Å². The first-order valence-corrected chi connectivity index (χ1v) is 3.15. The van der Waals surface area contributed by atoms with Gasteiger partial charge >= 0.3 is 6.36 Å². The van der Waals surface area contributed by atoms with Gasteiger partial charge in [-0.15, -0.1) is 13.2 Å². The van der Waals surface area contributed by atoms with Crippen molar-refractivity contribution in [1.82, 2.24) is 0 Å². The van der Waals surface area contributed by atoms with Gasteiger partial charge in [-0.05, 0) is 26.0 Å². The van der Waals surface area contributed by atoms with E-state index in [9.17, 15) is 17.6 Å². The molecule has 0 rings (SSSR count). The first-order valence-electron chi connectivity index (χ1n) is 3.15. The van der Waals surface area contributed by atoms with Crippen LogP contribution >= 0.6 is 0 Å². The second kappa shape index (κ2) is 4.13. The molecule has 0 aromatic heterocycles. The zero-order valence-electron chi connectivity index (χ0n) is 6.57. The van der Waals surface area contributed by atoms with Crippen molar-refractivity contribution in [3.63, 3.8) is 0 Å². The van der Waals surface area contributed by atoms with Gasteiger partial charge in [-0.25, -0.2) is 4.39 Å². The molecule has 0 saturated heterocycles. The Labute approximate surface area is 67.3 Å². The van der Waals surface area contributed by atoms with Crippen LogP contribution in [0.3, 0.4) is 0 Å². The Morgan fingerprint density at radius 1 is 1.17 bits per heavy atom. The Bertz CT molecular complexity index is 202. The van der Waals surface area contributed by atoms with Crippen molar-refractivity contribution in [2.75, 3.05) is 0 Å². The average molecular weight is 184 g/mol. The van der Waals surface area contributed by atoms with Gasteiger partial charge in [0.15, 0.2) is 11.6 Å². The lowest BCUT2D eigenvalue weighted by molar-refractivity contribution is -0.304. The molecule has 0 heterocycles. The molecule has 0 fully saturated rings. The maximum absolute atomic E-state index is 12.5. The van der Waals surface area contributed by atoms with Crippen molar-refractivity contribution in [2.45, 2.75) is 20.2 Å². The molecule has 0 unspecified atom stereocenters. The van der Waals surface area contributed by atoms with Crippen LogP contribution in [0.2, 0.25) is 0 Å². The van der Waals surface area contributed by atoms with Crippen molar-refractivity contribution in [1.29, 1.82) is 0 Å². The van der Waals surface area contributed by atoms with Crippen LogP contribution in [0.15, 0.2) is 23.7 Å². The molecule has 12 heavy (non-hydrogen) atoms. The summed E-state index contributed by atoms with van der Waals surface area (Å²) in [4.78, 5) is 0. The molecule has 0 N–H and O–H groups in total. The summed E-state index contributed by atoms with van der Waals surface area (Å²) in [5.41, 5.74) is 0. The van der Waals surface area contributed by atoms with Crippen LogP contribution in [0.4, 0.5) is 17.6 Å². The Hall–Kier alpha value is -1.00. The van der Waals surface area contributed by atoms with Crippen LogP contribution in [0.25, 0.3) is 0 Å². The molecular formula is C7H8F4O. The number of ether oxygens (including phenoxy) is 1. The van der Waals surface area contributed by atoms with Crippen molar-refractivity contribution in [3.05, 3.63) is 23.7 Å². The molecule has 0 atom stereocenters. The number of hydrogen-bond donors (Lipinski definition) is 0. The highest BCUT2D eigenvalue weighted by molar-refractivity contribution is 5.17. The van der Waals surface area contributed by atoms with Crippen LogP contribution in [-0.2, 0) is 4.74 Å². The molecule has 0 aromatic carbocycles.